The van der Waals surface area contributed by atoms with E-state index in [4.69, 9.17) is 5.11 Å². The number of carboxylic acid groups (broad SMARTS) is 1. The summed E-state index contributed by atoms with van der Waals surface area (Å²) < 4.78 is 0. The predicted molar refractivity (Wildman–Crippen MR) is 139 cm³/mol. The molecular weight excluding hydrogens is 492 g/mol. The fourth-order valence-corrected chi connectivity index (χ4v) is 4.10. The summed E-state index contributed by atoms with van der Waals surface area (Å²) in [6, 6.07) is 12.3. The number of aliphatic carboxylic acids is 1. The van der Waals surface area contributed by atoms with Crippen molar-refractivity contribution in [1.29, 1.82) is 0 Å². The molecule has 1 aliphatic heterocycles. The zero-order valence-corrected chi connectivity index (χ0v) is 21.1. The van der Waals surface area contributed by atoms with Crippen molar-refractivity contribution in [3.63, 3.8) is 0 Å². The summed E-state index contributed by atoms with van der Waals surface area (Å²) in [7, 11) is 0. The topological polar surface area (TPSA) is 153 Å². The lowest BCUT2D eigenvalue weighted by Crippen LogP contribution is -2.54. The quantitative estimate of drug-likeness (QED) is 0.398. The second-order valence-corrected chi connectivity index (χ2v) is 9.32. The molecule has 1 heterocycles. The molecule has 0 aliphatic carbocycles. The van der Waals surface area contributed by atoms with Crippen LogP contribution in [0.15, 0.2) is 54.6 Å². The number of nitrogens with one attached hydrogen (secondary N) is 2. The predicted octanol–water partition coefficient (Wildman–Crippen LogP) is 1.37. The maximum atomic E-state index is 13.8. The van der Waals surface area contributed by atoms with Crippen molar-refractivity contribution in [2.45, 2.75) is 38.8 Å². The average Bonchev–Trinajstić information content (AvgIpc) is 2.98. The fraction of sp³-hybridized carbons (Fsp3) is 0.333. The Kier molecular flexibility index (Phi) is 9.31. The van der Waals surface area contributed by atoms with E-state index >= 15 is 0 Å². The molecule has 4 amide bonds. The molecule has 38 heavy (non-hydrogen) atoms. The number of fused-ring (bicyclic) bond motifs is 1. The molecule has 0 bridgehead atoms. The molecule has 0 spiro atoms. The van der Waals surface area contributed by atoms with Gasteiger partial charge in [-0.2, -0.15) is 0 Å². The molecule has 2 unspecified atom stereocenters. The third-order valence-electron chi connectivity index (χ3n) is 5.82. The van der Waals surface area contributed by atoms with Crippen molar-refractivity contribution in [2.24, 2.45) is 5.92 Å². The van der Waals surface area contributed by atoms with Gasteiger partial charge in [-0.25, -0.2) is 0 Å². The van der Waals surface area contributed by atoms with Gasteiger partial charge in [0.1, 0.15) is 18.9 Å². The lowest BCUT2D eigenvalue weighted by Gasteiger charge is -2.26. The molecule has 200 valence electrons. The average molecular weight is 523 g/mol. The second-order valence-electron chi connectivity index (χ2n) is 9.32. The van der Waals surface area contributed by atoms with Crippen LogP contribution in [0, 0.1) is 5.92 Å². The summed E-state index contributed by atoms with van der Waals surface area (Å²) in [6.07, 6.45) is -0.120. The molecule has 2 atom stereocenters. The Balaban J connectivity index is 1.98. The van der Waals surface area contributed by atoms with Crippen LogP contribution in [-0.4, -0.2) is 66.2 Å². The molecule has 0 saturated carbocycles. The molecule has 3 rings (SSSR count). The molecule has 3 N–H and O–H groups in total. The highest BCUT2D eigenvalue weighted by Gasteiger charge is 2.38. The standard InChI is InChI=1S/C27H30N4O7/c1-17(2)12-24(34)30-14-20(29-26(37)18-8-4-3-5-9-18)27(38)31(22-11-7-6-10-21(22)30)15-23(33)28-19(16-32)13-25(35)36/h3-11,16-17,19-20H,12-15H2,1-2H3,(H,28,33)(H,29,37)(H,35,36). The van der Waals surface area contributed by atoms with Crippen molar-refractivity contribution in [2.75, 3.05) is 22.9 Å². The molecule has 0 saturated heterocycles. The monoisotopic (exact) mass is 522 g/mol. The Labute approximate surface area is 219 Å². The summed E-state index contributed by atoms with van der Waals surface area (Å²) >= 11 is 0. The Morgan fingerprint density at radius 1 is 1.00 bits per heavy atom. The van der Waals surface area contributed by atoms with Crippen LogP contribution in [0.5, 0.6) is 0 Å². The van der Waals surface area contributed by atoms with E-state index < -0.39 is 48.7 Å². The number of hydrogen-bond acceptors (Lipinski definition) is 6. The highest BCUT2D eigenvalue weighted by Crippen LogP contribution is 2.33. The number of rotatable bonds is 10. The maximum absolute atomic E-state index is 13.8. The van der Waals surface area contributed by atoms with Crippen molar-refractivity contribution in [3.05, 3.63) is 60.2 Å². The highest BCUT2D eigenvalue weighted by atomic mass is 16.4. The first-order valence-electron chi connectivity index (χ1n) is 12.1. The van der Waals surface area contributed by atoms with Gasteiger partial charge in [0.15, 0.2) is 0 Å². The SMILES string of the molecule is CC(C)CC(=O)N1CC(NC(=O)c2ccccc2)C(=O)N(CC(=O)NC(C=O)CC(=O)O)c2ccccc21. The molecule has 0 aromatic heterocycles. The largest absolute Gasteiger partial charge is 0.481 e. The lowest BCUT2D eigenvalue weighted by molar-refractivity contribution is -0.139. The summed E-state index contributed by atoms with van der Waals surface area (Å²) in [5.74, 6) is -3.45. The maximum Gasteiger partial charge on any atom is 0.305 e. The second kappa shape index (κ2) is 12.6. The molecule has 1 aliphatic rings. The van der Waals surface area contributed by atoms with Crippen LogP contribution >= 0.6 is 0 Å². The molecule has 2 aromatic carbocycles. The normalized spacial score (nSPS) is 15.8. The Hall–Kier alpha value is -4.54. The van der Waals surface area contributed by atoms with Crippen LogP contribution in [0.25, 0.3) is 0 Å². The first-order chi connectivity index (χ1) is 18.1. The minimum Gasteiger partial charge on any atom is -0.481 e. The van der Waals surface area contributed by atoms with Crippen LogP contribution in [0.2, 0.25) is 0 Å². The number of carboxylic acids is 1. The number of benzene rings is 2. The van der Waals surface area contributed by atoms with Crippen molar-refractivity contribution >= 4 is 47.3 Å². The molecule has 0 radical (unpaired) electrons. The molecular formula is C27H30N4O7. The zero-order valence-electron chi connectivity index (χ0n) is 21.1. The molecule has 2 aromatic rings. The van der Waals surface area contributed by atoms with E-state index in [0.29, 0.717) is 17.5 Å². The molecule has 11 heteroatoms. The number of para-hydroxylation sites is 2. The summed E-state index contributed by atoms with van der Waals surface area (Å²) in [5, 5.41) is 14.0. The van der Waals surface area contributed by atoms with Crippen LogP contribution in [0.1, 0.15) is 37.0 Å². The van der Waals surface area contributed by atoms with E-state index in [1.807, 2.05) is 13.8 Å². The number of anilines is 2. The number of nitrogens with zero attached hydrogens (tertiary/aromatic N) is 2. The number of carbonyl (C=O) groups excluding carboxylic acids is 5. The van der Waals surface area contributed by atoms with Gasteiger partial charge < -0.3 is 25.4 Å². The number of amides is 4. The third kappa shape index (κ3) is 7.02. The van der Waals surface area contributed by atoms with E-state index in [0.717, 1.165) is 4.90 Å². The van der Waals surface area contributed by atoms with Crippen molar-refractivity contribution in [3.8, 4) is 0 Å². The van der Waals surface area contributed by atoms with E-state index in [1.165, 1.54) is 4.90 Å². The molecule has 0 fully saturated rings. The lowest BCUT2D eigenvalue weighted by atomic mass is 10.1. The Bertz CT molecular complexity index is 1210. The van der Waals surface area contributed by atoms with Crippen LogP contribution < -0.4 is 20.4 Å². The Morgan fingerprint density at radius 3 is 2.24 bits per heavy atom. The minimum atomic E-state index is -1.28. The van der Waals surface area contributed by atoms with E-state index in [-0.39, 0.29) is 30.5 Å². The first-order valence-corrected chi connectivity index (χ1v) is 12.1. The van der Waals surface area contributed by atoms with Gasteiger partial charge in [-0.3, -0.25) is 28.9 Å². The molecule has 11 nitrogen and oxygen atoms in total. The number of hydrogen-bond donors (Lipinski definition) is 3. The zero-order chi connectivity index (χ0) is 27.8. The summed E-state index contributed by atoms with van der Waals surface area (Å²) in [6.45, 7) is 3.05. The van der Waals surface area contributed by atoms with Crippen molar-refractivity contribution in [1.82, 2.24) is 10.6 Å². The summed E-state index contributed by atoms with van der Waals surface area (Å²) in [5.41, 5.74) is 0.962. The van der Waals surface area contributed by atoms with Gasteiger partial charge in [-0.1, -0.05) is 44.2 Å². The Morgan fingerprint density at radius 2 is 1.63 bits per heavy atom. The van der Waals surface area contributed by atoms with Crippen LogP contribution in [0.4, 0.5) is 11.4 Å². The van der Waals surface area contributed by atoms with Gasteiger partial charge in [-0.15, -0.1) is 0 Å². The highest BCUT2D eigenvalue weighted by molar-refractivity contribution is 6.11. The van der Waals surface area contributed by atoms with E-state index in [2.05, 4.69) is 10.6 Å². The third-order valence-corrected chi connectivity index (χ3v) is 5.82. The number of aldehydes is 1. The number of carbonyl (C=O) groups is 6. The van der Waals surface area contributed by atoms with Crippen molar-refractivity contribution < 1.29 is 33.9 Å². The minimum absolute atomic E-state index is 0.0300. The summed E-state index contributed by atoms with van der Waals surface area (Å²) in [4.78, 5) is 77.6. The fourth-order valence-electron chi connectivity index (χ4n) is 4.10. The van der Waals surface area contributed by atoms with E-state index in [1.54, 1.807) is 54.6 Å². The van der Waals surface area contributed by atoms with Gasteiger partial charge in [0.25, 0.3) is 11.8 Å². The van der Waals surface area contributed by atoms with Gasteiger partial charge in [0.05, 0.1) is 30.4 Å². The van der Waals surface area contributed by atoms with E-state index in [9.17, 15) is 28.8 Å². The first kappa shape index (κ1) is 28.0. The van der Waals surface area contributed by atoms with Gasteiger partial charge in [-0.05, 0) is 30.2 Å². The van der Waals surface area contributed by atoms with Gasteiger partial charge >= 0.3 is 5.97 Å². The van der Waals surface area contributed by atoms with Crippen LogP contribution in [-0.2, 0) is 24.0 Å². The smallest absolute Gasteiger partial charge is 0.305 e. The van der Waals surface area contributed by atoms with Gasteiger partial charge in [0, 0.05) is 12.0 Å². The van der Waals surface area contributed by atoms with Gasteiger partial charge in [0.2, 0.25) is 11.8 Å². The van der Waals surface area contributed by atoms with Crippen LogP contribution in [0.3, 0.4) is 0 Å².